The van der Waals surface area contributed by atoms with Gasteiger partial charge in [-0.1, -0.05) is 45.4 Å². The number of ketones is 1. The van der Waals surface area contributed by atoms with Gasteiger partial charge in [-0.25, -0.2) is 4.79 Å². The summed E-state index contributed by atoms with van der Waals surface area (Å²) >= 11 is 0. The minimum Gasteiger partial charge on any atom is -0.472 e. The number of ether oxygens (including phenoxy) is 2. The minimum atomic E-state index is -0.602. The summed E-state index contributed by atoms with van der Waals surface area (Å²) in [5, 5.41) is 0. The quantitative estimate of drug-likeness (QED) is 0.375. The van der Waals surface area contributed by atoms with Crippen LogP contribution >= 0.6 is 0 Å². The highest BCUT2D eigenvalue weighted by Gasteiger charge is 2.75. The standard InChI is InChI=1S/C32H35NO5/c1-29-12-8-24(34)32(4)23-7-13-30(2)21(20-11-16-36-17-20)5-6-22(30)31(23,3)27(25(26(29)32)37-18-29)38-28(35)19-9-14-33-15-10-19/h6,8-12,14-17,21,23,25-27H,5,7,13,18H2,1-4H3/t21-,23-,25+,26-,27+,29-,30-,31-,32-/m0/s1. The van der Waals surface area contributed by atoms with Gasteiger partial charge in [-0.15, -0.1) is 0 Å². The van der Waals surface area contributed by atoms with Gasteiger partial charge in [-0.05, 0) is 66.4 Å². The van der Waals surface area contributed by atoms with Crippen LogP contribution in [-0.2, 0) is 14.3 Å². The summed E-state index contributed by atoms with van der Waals surface area (Å²) in [6, 6.07) is 5.45. The number of rotatable bonds is 3. The lowest BCUT2D eigenvalue weighted by Crippen LogP contribution is -2.69. The van der Waals surface area contributed by atoms with Gasteiger partial charge in [0.1, 0.15) is 12.2 Å². The maximum Gasteiger partial charge on any atom is 0.338 e. The first-order valence-corrected chi connectivity index (χ1v) is 13.8. The Morgan fingerprint density at radius 2 is 1.89 bits per heavy atom. The Balaban J connectivity index is 1.39. The molecule has 198 valence electrons. The monoisotopic (exact) mass is 513 g/mol. The van der Waals surface area contributed by atoms with E-state index in [2.05, 4.69) is 44.8 Å². The number of hydrogen-bond acceptors (Lipinski definition) is 6. The van der Waals surface area contributed by atoms with Crippen molar-refractivity contribution >= 4 is 11.8 Å². The first kappa shape index (κ1) is 24.1. The fourth-order valence-electron chi connectivity index (χ4n) is 9.71. The smallest absolute Gasteiger partial charge is 0.338 e. The third-order valence-electron chi connectivity index (χ3n) is 11.3. The van der Waals surface area contributed by atoms with Crippen LogP contribution in [0.1, 0.15) is 68.8 Å². The van der Waals surface area contributed by atoms with E-state index in [4.69, 9.17) is 13.9 Å². The van der Waals surface area contributed by atoms with Crippen molar-refractivity contribution in [2.75, 3.05) is 6.61 Å². The number of nitrogens with zero attached hydrogens (tertiary/aromatic N) is 1. The molecule has 0 radical (unpaired) electrons. The molecule has 0 N–H and O–H groups in total. The molecule has 0 amide bonds. The van der Waals surface area contributed by atoms with Gasteiger partial charge in [0, 0.05) is 34.6 Å². The van der Waals surface area contributed by atoms with E-state index in [1.807, 2.05) is 12.3 Å². The number of carbonyl (C=O) groups excluding carboxylic acids is 2. The third kappa shape index (κ3) is 2.85. The zero-order valence-electron chi connectivity index (χ0n) is 22.5. The van der Waals surface area contributed by atoms with E-state index in [0.29, 0.717) is 12.2 Å². The maximum absolute atomic E-state index is 13.9. The van der Waals surface area contributed by atoms with Crippen molar-refractivity contribution in [2.45, 2.75) is 65.1 Å². The second-order valence-electron chi connectivity index (χ2n) is 13.1. The molecule has 6 nitrogen and oxygen atoms in total. The zero-order chi connectivity index (χ0) is 26.5. The van der Waals surface area contributed by atoms with Crippen LogP contribution in [0.25, 0.3) is 0 Å². The van der Waals surface area contributed by atoms with E-state index < -0.39 is 16.9 Å². The first-order chi connectivity index (χ1) is 18.1. The van der Waals surface area contributed by atoms with Crippen molar-refractivity contribution in [1.82, 2.24) is 4.98 Å². The molecule has 0 unspecified atom stereocenters. The molecule has 9 atom stereocenters. The predicted molar refractivity (Wildman–Crippen MR) is 140 cm³/mol. The highest BCUT2D eigenvalue weighted by molar-refractivity contribution is 5.97. The van der Waals surface area contributed by atoms with Gasteiger partial charge in [-0.3, -0.25) is 9.78 Å². The topological polar surface area (TPSA) is 78.6 Å². The van der Waals surface area contributed by atoms with E-state index in [9.17, 15) is 9.59 Å². The molecule has 2 aromatic rings. The first-order valence-electron chi connectivity index (χ1n) is 13.8. The SMILES string of the molecule is C[C@]12C3=CC[C@@H](c4ccoc4)[C@]3(C)CC[C@@H]1[C@@]1(C)C(=O)C=C[C@@]3(C)CO[C@@H]([C@H]2OC(=O)c2ccncc2)[C@H]13. The number of pyridine rings is 1. The molecule has 0 aromatic carbocycles. The van der Waals surface area contributed by atoms with Crippen LogP contribution in [-0.4, -0.2) is 35.6 Å². The Labute approximate surface area is 223 Å². The molecule has 2 saturated carbocycles. The van der Waals surface area contributed by atoms with Gasteiger partial charge in [0.15, 0.2) is 5.78 Å². The van der Waals surface area contributed by atoms with Crippen LogP contribution in [0.15, 0.2) is 71.3 Å². The second-order valence-corrected chi connectivity index (χ2v) is 13.1. The number of allylic oxidation sites excluding steroid dienone is 2. The van der Waals surface area contributed by atoms with E-state index in [1.165, 1.54) is 11.1 Å². The Bertz CT molecular complexity index is 1360. The van der Waals surface area contributed by atoms with E-state index >= 15 is 0 Å². The highest BCUT2D eigenvalue weighted by atomic mass is 16.6. The number of furan rings is 1. The summed E-state index contributed by atoms with van der Waals surface area (Å²) < 4.78 is 18.6. The van der Waals surface area contributed by atoms with E-state index in [1.54, 1.807) is 36.9 Å². The fourth-order valence-corrected chi connectivity index (χ4v) is 9.71. The lowest BCUT2D eigenvalue weighted by molar-refractivity contribution is -0.199. The molecular formula is C32H35NO5. The Kier molecular flexibility index (Phi) is 4.93. The van der Waals surface area contributed by atoms with Gasteiger partial charge in [0.25, 0.3) is 0 Å². The summed E-state index contributed by atoms with van der Waals surface area (Å²) in [4.78, 5) is 31.5. The number of esters is 1. The number of aromatic nitrogens is 1. The average molecular weight is 514 g/mol. The minimum absolute atomic E-state index is 0.0207. The van der Waals surface area contributed by atoms with Crippen LogP contribution in [0.4, 0.5) is 0 Å². The van der Waals surface area contributed by atoms with Gasteiger partial charge < -0.3 is 13.9 Å². The summed E-state index contributed by atoms with van der Waals surface area (Å²) in [6.45, 7) is 9.47. The molecule has 38 heavy (non-hydrogen) atoms. The molecule has 1 aliphatic heterocycles. The molecule has 3 heterocycles. The Hall–Kier alpha value is -2.99. The van der Waals surface area contributed by atoms with Crippen LogP contribution in [0, 0.1) is 33.5 Å². The normalized spacial score (nSPS) is 44.7. The maximum atomic E-state index is 13.9. The van der Waals surface area contributed by atoms with Crippen molar-refractivity contribution in [1.29, 1.82) is 0 Å². The van der Waals surface area contributed by atoms with Gasteiger partial charge >= 0.3 is 5.97 Å². The van der Waals surface area contributed by atoms with E-state index in [-0.39, 0.29) is 46.4 Å². The van der Waals surface area contributed by atoms with Gasteiger partial charge in [0.2, 0.25) is 0 Å². The van der Waals surface area contributed by atoms with Crippen LogP contribution in [0.5, 0.6) is 0 Å². The van der Waals surface area contributed by atoms with Crippen LogP contribution < -0.4 is 0 Å². The molecule has 4 aliphatic carbocycles. The lowest BCUT2D eigenvalue weighted by atomic mass is 9.38. The molecule has 3 fully saturated rings. The largest absolute Gasteiger partial charge is 0.472 e. The summed E-state index contributed by atoms with van der Waals surface area (Å²) in [7, 11) is 0. The summed E-state index contributed by atoms with van der Waals surface area (Å²) in [5.41, 5.74) is 1.41. The molecular weight excluding hydrogens is 478 g/mol. The van der Waals surface area contributed by atoms with Gasteiger partial charge in [0.05, 0.1) is 24.7 Å². The predicted octanol–water partition coefficient (Wildman–Crippen LogP) is 5.92. The number of carbonyl (C=O) groups is 2. The van der Waals surface area contributed by atoms with Crippen molar-refractivity contribution in [3.8, 4) is 0 Å². The molecule has 0 bridgehead atoms. The summed E-state index contributed by atoms with van der Waals surface area (Å²) in [6.07, 6.45) is 14.9. The number of hydrogen-bond donors (Lipinski definition) is 0. The molecule has 5 aliphatic rings. The van der Waals surface area contributed by atoms with Crippen molar-refractivity contribution < 1.29 is 23.5 Å². The molecule has 7 rings (SSSR count). The highest BCUT2D eigenvalue weighted by Crippen LogP contribution is 2.74. The van der Waals surface area contributed by atoms with Crippen molar-refractivity contribution in [3.05, 3.63) is 78.0 Å². The van der Waals surface area contributed by atoms with Crippen LogP contribution in [0.3, 0.4) is 0 Å². The molecule has 2 aromatic heterocycles. The van der Waals surface area contributed by atoms with Crippen molar-refractivity contribution in [3.63, 3.8) is 0 Å². The summed E-state index contributed by atoms with van der Waals surface area (Å²) in [5.74, 6) is 0.0596. The number of fused-ring (bicyclic) bond motifs is 4. The molecule has 0 spiro atoms. The Morgan fingerprint density at radius 3 is 2.63 bits per heavy atom. The third-order valence-corrected chi connectivity index (χ3v) is 11.3. The van der Waals surface area contributed by atoms with Crippen molar-refractivity contribution in [2.24, 2.45) is 33.5 Å². The second kappa shape index (κ2) is 7.78. The fraction of sp³-hybridized carbons (Fsp3) is 0.531. The van der Waals surface area contributed by atoms with Crippen LogP contribution in [0.2, 0.25) is 0 Å². The molecule has 1 saturated heterocycles. The average Bonchev–Trinajstić information content (AvgIpc) is 3.63. The lowest BCUT2D eigenvalue weighted by Gasteiger charge is -2.66. The van der Waals surface area contributed by atoms with Gasteiger partial charge in [-0.2, -0.15) is 0 Å². The zero-order valence-corrected chi connectivity index (χ0v) is 22.5. The molecule has 6 heteroatoms. The Morgan fingerprint density at radius 1 is 1.11 bits per heavy atom. The van der Waals surface area contributed by atoms with E-state index in [0.717, 1.165) is 19.3 Å².